The predicted molar refractivity (Wildman–Crippen MR) is 84.6 cm³/mol. The van der Waals surface area contributed by atoms with Gasteiger partial charge in [0.25, 0.3) is 0 Å². The quantitative estimate of drug-likeness (QED) is 0.904. The molecule has 0 saturated heterocycles. The summed E-state index contributed by atoms with van der Waals surface area (Å²) in [6.07, 6.45) is 0. The zero-order valence-electron chi connectivity index (χ0n) is 13.0. The van der Waals surface area contributed by atoms with Crippen molar-refractivity contribution in [3.05, 3.63) is 34.9 Å². The highest BCUT2D eigenvalue weighted by atomic mass is 35.5. The van der Waals surface area contributed by atoms with Gasteiger partial charge >= 0.3 is 0 Å². The molecule has 0 atom stereocenters. The number of halogens is 1. The first-order chi connectivity index (χ1) is 9.11. The molecule has 3 nitrogen and oxygen atoms in total. The highest BCUT2D eigenvalue weighted by molar-refractivity contribution is 6.31. The molecule has 112 valence electrons. The molecule has 20 heavy (non-hydrogen) atoms. The maximum absolute atomic E-state index is 12.8. The average molecular weight is 297 g/mol. The molecule has 0 unspecified atom stereocenters. The molecule has 0 aliphatic rings. The van der Waals surface area contributed by atoms with Crippen LogP contribution in [0.2, 0.25) is 5.02 Å². The first kappa shape index (κ1) is 17.0. The van der Waals surface area contributed by atoms with Crippen LogP contribution >= 0.6 is 11.6 Å². The molecule has 0 fully saturated rings. The van der Waals surface area contributed by atoms with E-state index < -0.39 is 11.0 Å². The monoisotopic (exact) mass is 296 g/mol. The van der Waals surface area contributed by atoms with Crippen LogP contribution in [0.5, 0.6) is 0 Å². The summed E-state index contributed by atoms with van der Waals surface area (Å²) in [5, 5.41) is 0.684. The third kappa shape index (κ3) is 3.53. The summed E-state index contributed by atoms with van der Waals surface area (Å²) in [7, 11) is 0. The molecular formula is C16H25ClN2O. The number of rotatable bonds is 5. The van der Waals surface area contributed by atoms with Gasteiger partial charge in [0.05, 0.1) is 5.41 Å². The zero-order chi connectivity index (χ0) is 15.6. The first-order valence-corrected chi connectivity index (χ1v) is 7.30. The fourth-order valence-electron chi connectivity index (χ4n) is 1.83. The number of benzene rings is 1. The number of carbonyl (C=O) groups excluding carboxylic acids is 1. The third-order valence-electron chi connectivity index (χ3n) is 4.13. The standard InChI is InChI=1S/C16H25ClN2O/c1-6-19(11-12-9-7-8-10-13(12)17)14(20)15(2,3)16(4,5)18/h7-10H,6,11,18H2,1-5H3. The van der Waals surface area contributed by atoms with E-state index in [1.54, 1.807) is 4.90 Å². The number of nitrogens with two attached hydrogens (primary N) is 1. The molecule has 1 rings (SSSR count). The summed E-state index contributed by atoms with van der Waals surface area (Å²) in [5.74, 6) is 0.0485. The van der Waals surface area contributed by atoms with E-state index in [0.717, 1.165) is 5.56 Å². The minimum atomic E-state index is -0.635. The van der Waals surface area contributed by atoms with Crippen LogP contribution in [-0.2, 0) is 11.3 Å². The number of carbonyl (C=O) groups is 1. The summed E-state index contributed by atoms with van der Waals surface area (Å²) in [6, 6.07) is 7.60. The van der Waals surface area contributed by atoms with Crippen molar-refractivity contribution in [2.24, 2.45) is 11.1 Å². The van der Waals surface area contributed by atoms with Gasteiger partial charge in [-0.2, -0.15) is 0 Å². The Hall–Kier alpha value is -1.06. The van der Waals surface area contributed by atoms with Crippen LogP contribution in [0.25, 0.3) is 0 Å². The van der Waals surface area contributed by atoms with Crippen molar-refractivity contribution in [1.29, 1.82) is 0 Å². The van der Waals surface area contributed by atoms with E-state index in [4.69, 9.17) is 17.3 Å². The number of amides is 1. The van der Waals surface area contributed by atoms with Crippen LogP contribution in [0.1, 0.15) is 40.2 Å². The third-order valence-corrected chi connectivity index (χ3v) is 4.50. The van der Waals surface area contributed by atoms with Crippen molar-refractivity contribution in [1.82, 2.24) is 4.90 Å². The zero-order valence-corrected chi connectivity index (χ0v) is 13.8. The summed E-state index contributed by atoms with van der Waals surface area (Å²) < 4.78 is 0. The van der Waals surface area contributed by atoms with E-state index in [1.165, 1.54) is 0 Å². The molecule has 1 amide bonds. The largest absolute Gasteiger partial charge is 0.338 e. The summed E-state index contributed by atoms with van der Waals surface area (Å²) in [6.45, 7) is 10.7. The van der Waals surface area contributed by atoms with Crippen LogP contribution in [0.3, 0.4) is 0 Å². The summed E-state index contributed by atoms with van der Waals surface area (Å²) in [4.78, 5) is 14.6. The van der Waals surface area contributed by atoms with Crippen molar-refractivity contribution < 1.29 is 4.79 Å². The number of hydrogen-bond acceptors (Lipinski definition) is 2. The van der Waals surface area contributed by atoms with Crippen LogP contribution in [-0.4, -0.2) is 22.9 Å². The highest BCUT2D eigenvalue weighted by Gasteiger charge is 2.42. The van der Waals surface area contributed by atoms with Crippen molar-refractivity contribution in [3.8, 4) is 0 Å². The van der Waals surface area contributed by atoms with E-state index in [1.807, 2.05) is 58.9 Å². The van der Waals surface area contributed by atoms with E-state index >= 15 is 0 Å². The van der Waals surface area contributed by atoms with Gasteiger partial charge in [-0.05, 0) is 46.2 Å². The molecule has 4 heteroatoms. The van der Waals surface area contributed by atoms with Gasteiger partial charge in [-0.15, -0.1) is 0 Å². The minimum Gasteiger partial charge on any atom is -0.338 e. The van der Waals surface area contributed by atoms with E-state index in [9.17, 15) is 4.79 Å². The Morgan fingerprint density at radius 2 is 1.80 bits per heavy atom. The SMILES string of the molecule is CCN(Cc1ccccc1Cl)C(=O)C(C)(C)C(C)(C)N. The second kappa shape index (κ2) is 6.15. The van der Waals surface area contributed by atoms with Crippen molar-refractivity contribution in [2.75, 3.05) is 6.54 Å². The highest BCUT2D eigenvalue weighted by Crippen LogP contribution is 2.31. The molecule has 2 N–H and O–H groups in total. The first-order valence-electron chi connectivity index (χ1n) is 6.93. The van der Waals surface area contributed by atoms with Crippen LogP contribution in [0.4, 0.5) is 0 Å². The van der Waals surface area contributed by atoms with Crippen LogP contribution in [0.15, 0.2) is 24.3 Å². The lowest BCUT2D eigenvalue weighted by atomic mass is 9.74. The Bertz CT molecular complexity index is 478. The Labute approximate surface area is 127 Å². The Morgan fingerprint density at radius 1 is 1.25 bits per heavy atom. The van der Waals surface area contributed by atoms with Gasteiger partial charge in [0.2, 0.25) is 5.91 Å². The second-order valence-corrected chi connectivity index (χ2v) is 6.66. The fraction of sp³-hybridized carbons (Fsp3) is 0.562. The lowest BCUT2D eigenvalue weighted by Crippen LogP contribution is -2.56. The molecule has 1 aromatic rings. The van der Waals surface area contributed by atoms with E-state index in [-0.39, 0.29) is 5.91 Å². The van der Waals surface area contributed by atoms with E-state index in [0.29, 0.717) is 18.1 Å². The van der Waals surface area contributed by atoms with Gasteiger partial charge in [0, 0.05) is 23.7 Å². The van der Waals surface area contributed by atoms with Crippen molar-refractivity contribution >= 4 is 17.5 Å². The minimum absolute atomic E-state index is 0.0485. The molecule has 0 aromatic heterocycles. The molecular weight excluding hydrogens is 272 g/mol. The molecule has 0 spiro atoms. The van der Waals surface area contributed by atoms with Gasteiger partial charge < -0.3 is 10.6 Å². The van der Waals surface area contributed by atoms with Gasteiger partial charge in [-0.25, -0.2) is 0 Å². The second-order valence-electron chi connectivity index (χ2n) is 6.26. The van der Waals surface area contributed by atoms with Crippen molar-refractivity contribution in [2.45, 2.75) is 46.7 Å². The molecule has 1 aromatic carbocycles. The molecule has 0 radical (unpaired) electrons. The molecule has 0 saturated carbocycles. The normalized spacial score (nSPS) is 12.3. The molecule has 0 aliphatic heterocycles. The predicted octanol–water partition coefficient (Wildman–Crippen LogP) is 3.45. The summed E-state index contributed by atoms with van der Waals surface area (Å²) in [5.41, 5.74) is 5.89. The lowest BCUT2D eigenvalue weighted by Gasteiger charge is -2.40. The van der Waals surface area contributed by atoms with Gasteiger partial charge in [-0.1, -0.05) is 29.8 Å². The topological polar surface area (TPSA) is 46.3 Å². The number of hydrogen-bond donors (Lipinski definition) is 1. The average Bonchev–Trinajstić information content (AvgIpc) is 2.35. The fourth-order valence-corrected chi connectivity index (χ4v) is 2.03. The smallest absolute Gasteiger partial charge is 0.230 e. The molecule has 0 heterocycles. The lowest BCUT2D eigenvalue weighted by molar-refractivity contribution is -0.144. The maximum Gasteiger partial charge on any atom is 0.230 e. The van der Waals surface area contributed by atoms with Crippen molar-refractivity contribution in [3.63, 3.8) is 0 Å². The Balaban J connectivity index is 2.98. The van der Waals surface area contributed by atoms with Crippen LogP contribution in [0, 0.1) is 5.41 Å². The maximum atomic E-state index is 12.8. The van der Waals surface area contributed by atoms with Gasteiger partial charge in [0.15, 0.2) is 0 Å². The number of nitrogens with zero attached hydrogens (tertiary/aromatic N) is 1. The van der Waals surface area contributed by atoms with Crippen LogP contribution < -0.4 is 5.73 Å². The Kier molecular flexibility index (Phi) is 5.22. The Morgan fingerprint density at radius 3 is 2.25 bits per heavy atom. The molecule has 0 aliphatic carbocycles. The molecule has 0 bridgehead atoms. The van der Waals surface area contributed by atoms with Gasteiger partial charge in [-0.3, -0.25) is 4.79 Å². The van der Waals surface area contributed by atoms with Gasteiger partial charge in [0.1, 0.15) is 0 Å². The van der Waals surface area contributed by atoms with E-state index in [2.05, 4.69) is 0 Å². The summed E-state index contributed by atoms with van der Waals surface area (Å²) >= 11 is 6.17.